The van der Waals surface area contributed by atoms with Crippen molar-refractivity contribution in [2.45, 2.75) is 18.3 Å². The Hall–Kier alpha value is -0.870. The van der Waals surface area contributed by atoms with E-state index in [1.54, 1.807) is 11.8 Å². The van der Waals surface area contributed by atoms with Crippen LogP contribution in [-0.2, 0) is 10.5 Å². The van der Waals surface area contributed by atoms with Crippen LogP contribution in [0, 0.1) is 0 Å². The molecule has 2 N–H and O–H groups in total. The summed E-state index contributed by atoms with van der Waals surface area (Å²) in [7, 11) is 0. The van der Waals surface area contributed by atoms with Crippen molar-refractivity contribution < 1.29 is 9.47 Å². The van der Waals surface area contributed by atoms with Crippen molar-refractivity contribution in [2.24, 2.45) is 0 Å². The van der Waals surface area contributed by atoms with Crippen LogP contribution in [0.4, 0.5) is 5.69 Å². The monoisotopic (exact) mass is 211 g/mol. The van der Waals surface area contributed by atoms with Gasteiger partial charge in [-0.05, 0) is 25.1 Å². The maximum Gasteiger partial charge on any atom is 0.249 e. The lowest BCUT2D eigenvalue weighted by Gasteiger charge is -2.25. The lowest BCUT2D eigenvalue weighted by molar-refractivity contribution is -0.0108. The topological polar surface area (TPSA) is 44.5 Å². The number of fused-ring (bicyclic) bond motifs is 1. The zero-order chi connectivity index (χ0) is 9.97. The van der Waals surface area contributed by atoms with Crippen LogP contribution >= 0.6 is 11.8 Å². The van der Waals surface area contributed by atoms with E-state index in [1.807, 2.05) is 25.1 Å². The normalized spacial score (nSPS) is 19.9. The molecule has 0 radical (unpaired) electrons. The van der Waals surface area contributed by atoms with Crippen LogP contribution in [0.5, 0.6) is 5.75 Å². The molecule has 0 amide bonds. The van der Waals surface area contributed by atoms with Gasteiger partial charge in [0, 0.05) is 23.6 Å². The highest BCUT2D eigenvalue weighted by atomic mass is 32.2. The number of anilines is 1. The Balaban J connectivity index is 2.15. The van der Waals surface area contributed by atoms with Gasteiger partial charge in [-0.1, -0.05) is 11.8 Å². The van der Waals surface area contributed by atoms with Crippen LogP contribution < -0.4 is 10.5 Å². The Bertz CT molecular complexity index is 330. The molecular weight excluding hydrogens is 198 g/mol. The second-order valence-corrected chi connectivity index (χ2v) is 4.05. The highest BCUT2D eigenvalue weighted by molar-refractivity contribution is 7.98. The number of rotatable bonds is 2. The third-order valence-corrected chi connectivity index (χ3v) is 2.97. The van der Waals surface area contributed by atoms with Crippen molar-refractivity contribution >= 4 is 17.4 Å². The molecule has 0 fully saturated rings. The Kier molecular flexibility index (Phi) is 2.84. The molecule has 1 aromatic rings. The molecule has 14 heavy (non-hydrogen) atoms. The van der Waals surface area contributed by atoms with E-state index in [0.29, 0.717) is 6.61 Å². The predicted molar refractivity (Wildman–Crippen MR) is 58.2 cm³/mol. The molecule has 0 spiro atoms. The summed E-state index contributed by atoms with van der Waals surface area (Å²) in [5, 5.41) is 0. The summed E-state index contributed by atoms with van der Waals surface area (Å²) in [6, 6.07) is 5.69. The Morgan fingerprint density at radius 2 is 2.50 bits per heavy atom. The van der Waals surface area contributed by atoms with Crippen molar-refractivity contribution in [3.8, 4) is 5.75 Å². The second kappa shape index (κ2) is 4.11. The number of thioether (sulfide) groups is 1. The molecule has 76 valence electrons. The van der Waals surface area contributed by atoms with E-state index >= 15 is 0 Å². The van der Waals surface area contributed by atoms with Gasteiger partial charge in [0.25, 0.3) is 0 Å². The average Bonchev–Trinajstić information content (AvgIpc) is 2.19. The van der Waals surface area contributed by atoms with Gasteiger partial charge in [-0.2, -0.15) is 0 Å². The standard InChI is InChI=1S/C10H13NO2S/c1-2-12-10-13-9-4-3-8(11)5-7(9)6-14-10/h3-5,10H,2,6,11H2,1H3. The largest absolute Gasteiger partial charge is 0.455 e. The highest BCUT2D eigenvalue weighted by Gasteiger charge is 2.19. The van der Waals surface area contributed by atoms with Crippen molar-refractivity contribution in [1.29, 1.82) is 0 Å². The quantitative estimate of drug-likeness (QED) is 0.762. The number of nitrogens with two attached hydrogens (primary N) is 1. The van der Waals surface area contributed by atoms with Gasteiger partial charge < -0.3 is 15.2 Å². The van der Waals surface area contributed by atoms with Gasteiger partial charge in [0.1, 0.15) is 5.75 Å². The molecule has 1 unspecified atom stereocenters. The second-order valence-electron chi connectivity index (χ2n) is 3.04. The molecule has 1 heterocycles. The molecule has 2 rings (SSSR count). The fourth-order valence-corrected chi connectivity index (χ4v) is 2.29. The molecule has 4 heteroatoms. The van der Waals surface area contributed by atoms with Crippen LogP contribution in [0.3, 0.4) is 0 Å². The molecule has 0 aliphatic carbocycles. The van der Waals surface area contributed by atoms with Crippen LogP contribution in [0.25, 0.3) is 0 Å². The third-order valence-electron chi connectivity index (χ3n) is 1.99. The van der Waals surface area contributed by atoms with Crippen LogP contribution in [0.1, 0.15) is 12.5 Å². The molecule has 0 bridgehead atoms. The Morgan fingerprint density at radius 1 is 1.64 bits per heavy atom. The van der Waals surface area contributed by atoms with Crippen molar-refractivity contribution in [2.75, 3.05) is 12.3 Å². The van der Waals surface area contributed by atoms with Crippen LogP contribution in [0.15, 0.2) is 18.2 Å². The predicted octanol–water partition coefficient (Wildman–Crippen LogP) is 2.21. The summed E-state index contributed by atoms with van der Waals surface area (Å²) >= 11 is 1.64. The summed E-state index contributed by atoms with van der Waals surface area (Å²) in [6.07, 6.45) is 0. The molecular formula is C10H13NO2S. The fourth-order valence-electron chi connectivity index (χ4n) is 1.34. The minimum absolute atomic E-state index is 0.170. The summed E-state index contributed by atoms with van der Waals surface area (Å²) in [5.74, 6) is 1.78. The molecule has 0 saturated heterocycles. The van der Waals surface area contributed by atoms with Crippen molar-refractivity contribution in [3.05, 3.63) is 23.8 Å². The van der Waals surface area contributed by atoms with E-state index in [-0.39, 0.29) is 5.62 Å². The summed E-state index contributed by atoms with van der Waals surface area (Å²) < 4.78 is 11.0. The van der Waals surface area contributed by atoms with E-state index < -0.39 is 0 Å². The summed E-state index contributed by atoms with van der Waals surface area (Å²) in [4.78, 5) is 0. The maximum atomic E-state index is 5.68. The smallest absolute Gasteiger partial charge is 0.249 e. The fraction of sp³-hybridized carbons (Fsp3) is 0.400. The number of ether oxygens (including phenoxy) is 2. The van der Waals surface area contributed by atoms with Gasteiger partial charge in [0.2, 0.25) is 5.62 Å². The Morgan fingerprint density at radius 3 is 3.29 bits per heavy atom. The van der Waals surface area contributed by atoms with Gasteiger partial charge in [-0.3, -0.25) is 0 Å². The maximum absolute atomic E-state index is 5.68. The number of hydrogen-bond donors (Lipinski definition) is 1. The SMILES string of the molecule is CCOC1Oc2ccc(N)cc2CS1. The van der Waals surface area contributed by atoms with Gasteiger partial charge in [-0.25, -0.2) is 0 Å². The van der Waals surface area contributed by atoms with Crippen LogP contribution in [0.2, 0.25) is 0 Å². The number of nitrogen functional groups attached to an aromatic ring is 1. The van der Waals surface area contributed by atoms with Gasteiger partial charge >= 0.3 is 0 Å². The average molecular weight is 211 g/mol. The third kappa shape index (κ3) is 1.96. The first-order valence-electron chi connectivity index (χ1n) is 4.58. The van der Waals surface area contributed by atoms with E-state index in [1.165, 1.54) is 0 Å². The lowest BCUT2D eigenvalue weighted by Crippen LogP contribution is -2.20. The van der Waals surface area contributed by atoms with Gasteiger partial charge in [-0.15, -0.1) is 0 Å². The summed E-state index contributed by atoms with van der Waals surface area (Å²) in [5.41, 5.74) is 7.43. The number of benzene rings is 1. The molecule has 0 aromatic heterocycles. The first-order chi connectivity index (χ1) is 6.79. The molecule has 1 aliphatic heterocycles. The Labute approximate surface area is 87.6 Å². The van der Waals surface area contributed by atoms with Crippen molar-refractivity contribution in [1.82, 2.24) is 0 Å². The molecule has 1 atom stereocenters. The first-order valence-corrected chi connectivity index (χ1v) is 5.62. The zero-order valence-electron chi connectivity index (χ0n) is 8.03. The zero-order valence-corrected chi connectivity index (χ0v) is 8.84. The minimum Gasteiger partial charge on any atom is -0.455 e. The first kappa shape index (κ1) is 9.68. The van der Waals surface area contributed by atoms with Gasteiger partial charge in [0.05, 0.1) is 0 Å². The highest BCUT2D eigenvalue weighted by Crippen LogP contribution is 2.34. The van der Waals surface area contributed by atoms with E-state index in [4.69, 9.17) is 15.2 Å². The molecule has 0 saturated carbocycles. The molecule has 1 aliphatic rings. The van der Waals surface area contributed by atoms with Crippen molar-refractivity contribution in [3.63, 3.8) is 0 Å². The van der Waals surface area contributed by atoms with Gasteiger partial charge in [0.15, 0.2) is 0 Å². The van der Waals surface area contributed by atoms with E-state index in [0.717, 1.165) is 22.8 Å². The molecule has 1 aromatic carbocycles. The lowest BCUT2D eigenvalue weighted by atomic mass is 10.2. The van der Waals surface area contributed by atoms with Crippen LogP contribution in [-0.4, -0.2) is 12.2 Å². The number of hydrogen-bond acceptors (Lipinski definition) is 4. The van der Waals surface area contributed by atoms with E-state index in [9.17, 15) is 0 Å². The van der Waals surface area contributed by atoms with E-state index in [2.05, 4.69) is 0 Å². The summed E-state index contributed by atoms with van der Waals surface area (Å²) in [6.45, 7) is 2.63. The molecule has 3 nitrogen and oxygen atoms in total. The minimum atomic E-state index is -0.170.